The van der Waals surface area contributed by atoms with Crippen molar-refractivity contribution in [3.05, 3.63) is 76.2 Å². The quantitative estimate of drug-likeness (QED) is 0.356. The normalized spacial score (nSPS) is 12.6. The molecule has 0 unspecified atom stereocenters. The Kier molecular flexibility index (Phi) is 6.16. The Morgan fingerprint density at radius 1 is 1.07 bits per heavy atom. The summed E-state index contributed by atoms with van der Waals surface area (Å²) in [5.41, 5.74) is 0.850. The predicted octanol–water partition coefficient (Wildman–Crippen LogP) is 3.07. The van der Waals surface area contributed by atoms with Crippen LogP contribution in [0.2, 0.25) is 0 Å². The minimum absolute atomic E-state index is 0.0540. The third-order valence-corrected chi connectivity index (χ3v) is 4.14. The standard InChI is InChI=1S/C20H18N4O6/c1-12(21-17(25)14-6-4-3-5-7-14)20(26)29-13(2)18-22-23-19(30-18)15-8-10-16(11-9-15)24(27)28/h3-13H,1-2H3,(H,21,25)/t12-,13+/m0/s1. The first-order chi connectivity index (χ1) is 14.3. The highest BCUT2D eigenvalue weighted by atomic mass is 16.6. The highest BCUT2D eigenvalue weighted by molar-refractivity contribution is 5.96. The molecule has 0 saturated carbocycles. The highest BCUT2D eigenvalue weighted by Crippen LogP contribution is 2.24. The second-order valence-electron chi connectivity index (χ2n) is 6.39. The van der Waals surface area contributed by atoms with E-state index < -0.39 is 28.9 Å². The number of ether oxygens (including phenoxy) is 1. The maximum absolute atomic E-state index is 12.3. The molecule has 0 aliphatic carbocycles. The Morgan fingerprint density at radius 2 is 1.73 bits per heavy atom. The lowest BCUT2D eigenvalue weighted by Gasteiger charge is -2.15. The highest BCUT2D eigenvalue weighted by Gasteiger charge is 2.24. The number of hydrogen-bond donors (Lipinski definition) is 1. The van der Waals surface area contributed by atoms with Gasteiger partial charge < -0.3 is 14.5 Å². The Hall–Kier alpha value is -4.08. The van der Waals surface area contributed by atoms with E-state index in [-0.39, 0.29) is 17.5 Å². The van der Waals surface area contributed by atoms with Crippen molar-refractivity contribution in [3.63, 3.8) is 0 Å². The summed E-state index contributed by atoms with van der Waals surface area (Å²) in [5.74, 6) is -0.876. The fourth-order valence-corrected chi connectivity index (χ4v) is 2.50. The third-order valence-electron chi connectivity index (χ3n) is 4.14. The molecule has 0 radical (unpaired) electrons. The number of esters is 1. The van der Waals surface area contributed by atoms with Crippen LogP contribution in [0.3, 0.4) is 0 Å². The number of amides is 1. The number of non-ortho nitro benzene ring substituents is 1. The van der Waals surface area contributed by atoms with Crippen molar-refractivity contribution in [2.24, 2.45) is 0 Å². The lowest BCUT2D eigenvalue weighted by Crippen LogP contribution is -2.39. The summed E-state index contributed by atoms with van der Waals surface area (Å²) in [6.07, 6.45) is -0.854. The van der Waals surface area contributed by atoms with Crippen LogP contribution in [0.1, 0.15) is 36.2 Å². The summed E-state index contributed by atoms with van der Waals surface area (Å²) in [4.78, 5) is 34.6. The SMILES string of the molecule is C[C@H](NC(=O)c1ccccc1)C(=O)O[C@H](C)c1nnc(-c2ccc([N+](=O)[O-])cc2)o1. The van der Waals surface area contributed by atoms with Crippen molar-refractivity contribution >= 4 is 17.6 Å². The Balaban J connectivity index is 1.60. The molecule has 3 aromatic rings. The van der Waals surface area contributed by atoms with E-state index in [2.05, 4.69) is 15.5 Å². The van der Waals surface area contributed by atoms with E-state index in [1.807, 2.05) is 0 Å². The van der Waals surface area contributed by atoms with Crippen LogP contribution in [0.25, 0.3) is 11.5 Å². The van der Waals surface area contributed by atoms with Crippen LogP contribution in [0.4, 0.5) is 5.69 Å². The van der Waals surface area contributed by atoms with E-state index in [1.54, 1.807) is 37.3 Å². The molecule has 30 heavy (non-hydrogen) atoms. The molecule has 2 aromatic carbocycles. The number of nitro groups is 1. The molecule has 1 N–H and O–H groups in total. The number of carbonyl (C=O) groups is 2. The number of nitrogens with zero attached hydrogens (tertiary/aromatic N) is 3. The van der Waals surface area contributed by atoms with E-state index in [0.29, 0.717) is 11.1 Å². The summed E-state index contributed by atoms with van der Waals surface area (Å²) in [7, 11) is 0. The number of aromatic nitrogens is 2. The third kappa shape index (κ3) is 4.85. The van der Waals surface area contributed by atoms with Crippen molar-refractivity contribution in [3.8, 4) is 11.5 Å². The average molecular weight is 410 g/mol. The Labute approximate surface area is 171 Å². The number of carbonyl (C=O) groups excluding carboxylic acids is 2. The minimum Gasteiger partial charge on any atom is -0.451 e. The molecule has 0 bridgehead atoms. The lowest BCUT2D eigenvalue weighted by molar-refractivity contribution is -0.384. The molecule has 10 heteroatoms. The molecule has 3 rings (SSSR count). The van der Waals surface area contributed by atoms with Crippen LogP contribution in [0.15, 0.2) is 59.0 Å². The van der Waals surface area contributed by atoms with Crippen molar-refractivity contribution in [1.29, 1.82) is 0 Å². The zero-order valence-electron chi connectivity index (χ0n) is 16.1. The molecule has 1 amide bonds. The minimum atomic E-state index is -0.891. The zero-order valence-corrected chi connectivity index (χ0v) is 16.1. The largest absolute Gasteiger partial charge is 0.451 e. The molecular formula is C20H18N4O6. The number of rotatable bonds is 7. The van der Waals surface area contributed by atoms with Gasteiger partial charge in [0, 0.05) is 23.3 Å². The maximum atomic E-state index is 12.3. The second-order valence-corrected chi connectivity index (χ2v) is 6.39. The van der Waals surface area contributed by atoms with Crippen molar-refractivity contribution in [2.45, 2.75) is 26.0 Å². The number of nitrogens with one attached hydrogen (secondary N) is 1. The predicted molar refractivity (Wildman–Crippen MR) is 104 cm³/mol. The molecule has 154 valence electrons. The molecule has 0 fully saturated rings. The maximum Gasteiger partial charge on any atom is 0.329 e. The van der Waals surface area contributed by atoms with Gasteiger partial charge in [-0.2, -0.15) is 0 Å². The lowest BCUT2D eigenvalue weighted by atomic mass is 10.2. The Morgan fingerprint density at radius 3 is 2.37 bits per heavy atom. The first-order valence-corrected chi connectivity index (χ1v) is 9.00. The molecule has 0 saturated heterocycles. The first kappa shape index (κ1) is 20.6. The van der Waals surface area contributed by atoms with Crippen LogP contribution >= 0.6 is 0 Å². The van der Waals surface area contributed by atoms with E-state index in [1.165, 1.54) is 31.2 Å². The topological polar surface area (TPSA) is 137 Å². The van der Waals surface area contributed by atoms with Crippen molar-refractivity contribution in [1.82, 2.24) is 15.5 Å². The number of nitro benzene ring substituents is 1. The molecular weight excluding hydrogens is 392 g/mol. The van der Waals surface area contributed by atoms with Crippen LogP contribution in [-0.4, -0.2) is 33.0 Å². The van der Waals surface area contributed by atoms with Gasteiger partial charge in [0.1, 0.15) is 6.04 Å². The van der Waals surface area contributed by atoms with E-state index >= 15 is 0 Å². The zero-order chi connectivity index (χ0) is 21.7. The Bertz CT molecular complexity index is 1050. The van der Waals surface area contributed by atoms with Crippen LogP contribution < -0.4 is 5.32 Å². The van der Waals surface area contributed by atoms with Gasteiger partial charge in [-0.3, -0.25) is 14.9 Å². The van der Waals surface area contributed by atoms with Gasteiger partial charge in [-0.25, -0.2) is 4.79 Å². The van der Waals surface area contributed by atoms with Crippen LogP contribution in [0, 0.1) is 10.1 Å². The fraction of sp³-hybridized carbons (Fsp3) is 0.200. The van der Waals surface area contributed by atoms with Gasteiger partial charge in [0.05, 0.1) is 4.92 Å². The summed E-state index contributed by atoms with van der Waals surface area (Å²) >= 11 is 0. The molecule has 0 aliphatic rings. The summed E-state index contributed by atoms with van der Waals surface area (Å²) in [6.45, 7) is 3.06. The van der Waals surface area contributed by atoms with Crippen LogP contribution in [0.5, 0.6) is 0 Å². The first-order valence-electron chi connectivity index (χ1n) is 9.00. The van der Waals surface area contributed by atoms with E-state index in [0.717, 1.165) is 0 Å². The summed E-state index contributed by atoms with van der Waals surface area (Å²) in [6, 6.07) is 13.2. The fourth-order valence-electron chi connectivity index (χ4n) is 2.50. The van der Waals surface area contributed by atoms with E-state index in [9.17, 15) is 19.7 Å². The van der Waals surface area contributed by atoms with Crippen LogP contribution in [-0.2, 0) is 9.53 Å². The van der Waals surface area contributed by atoms with Gasteiger partial charge in [0.2, 0.25) is 5.89 Å². The molecule has 10 nitrogen and oxygen atoms in total. The van der Waals surface area contributed by atoms with Crippen molar-refractivity contribution in [2.75, 3.05) is 0 Å². The number of benzene rings is 2. The molecule has 1 aromatic heterocycles. The van der Waals surface area contributed by atoms with Gasteiger partial charge in [-0.1, -0.05) is 18.2 Å². The second kappa shape index (κ2) is 8.95. The molecule has 0 spiro atoms. The molecule has 2 atom stereocenters. The van der Waals surface area contributed by atoms with Gasteiger partial charge >= 0.3 is 5.97 Å². The monoisotopic (exact) mass is 410 g/mol. The smallest absolute Gasteiger partial charge is 0.329 e. The summed E-state index contributed by atoms with van der Waals surface area (Å²) < 4.78 is 10.8. The number of hydrogen-bond acceptors (Lipinski definition) is 8. The molecule has 1 heterocycles. The van der Waals surface area contributed by atoms with Gasteiger partial charge in [-0.05, 0) is 38.1 Å². The van der Waals surface area contributed by atoms with E-state index in [4.69, 9.17) is 9.15 Å². The van der Waals surface area contributed by atoms with Gasteiger partial charge in [-0.15, -0.1) is 10.2 Å². The summed E-state index contributed by atoms with van der Waals surface area (Å²) in [5, 5.41) is 21.0. The molecule has 0 aliphatic heterocycles. The van der Waals surface area contributed by atoms with Gasteiger partial charge in [0.25, 0.3) is 17.5 Å². The average Bonchev–Trinajstić information content (AvgIpc) is 3.24. The van der Waals surface area contributed by atoms with Gasteiger partial charge in [0.15, 0.2) is 6.10 Å². The van der Waals surface area contributed by atoms with Crippen molar-refractivity contribution < 1.29 is 23.7 Å².